The van der Waals surface area contributed by atoms with Crippen LogP contribution in [0.15, 0.2) is 58.3 Å². The SMILES string of the molecule is CSc1cccc(O)c1.Oc1cccc(S)c1. The zero-order chi connectivity index (χ0) is 12.7. The third-order valence-electron chi connectivity index (χ3n) is 1.88. The second-order valence-electron chi connectivity index (χ2n) is 3.22. The molecule has 0 saturated carbocycles. The number of hydrogen-bond donors (Lipinski definition) is 3. The fraction of sp³-hybridized carbons (Fsp3) is 0.0769. The standard InChI is InChI=1S/C7H8OS.C6H6OS/c1-9-7-4-2-3-6(8)5-7;7-5-2-1-3-6(8)4-5/h2-5,8H,1H3;1-4,7-8H. The van der Waals surface area contributed by atoms with Gasteiger partial charge in [0.15, 0.2) is 0 Å². The van der Waals surface area contributed by atoms with Gasteiger partial charge in [-0.15, -0.1) is 24.4 Å². The van der Waals surface area contributed by atoms with Crippen LogP contribution >= 0.6 is 24.4 Å². The lowest BCUT2D eigenvalue weighted by Crippen LogP contribution is -1.66. The van der Waals surface area contributed by atoms with Crippen molar-refractivity contribution in [2.24, 2.45) is 0 Å². The van der Waals surface area contributed by atoms with Crippen LogP contribution in [0.5, 0.6) is 11.5 Å². The Balaban J connectivity index is 0.000000171. The fourth-order valence-electron chi connectivity index (χ4n) is 1.10. The van der Waals surface area contributed by atoms with Gasteiger partial charge in [0, 0.05) is 9.79 Å². The largest absolute Gasteiger partial charge is 0.508 e. The molecule has 0 unspecified atom stereocenters. The van der Waals surface area contributed by atoms with Crippen LogP contribution in [0.2, 0.25) is 0 Å². The number of thiol groups is 1. The van der Waals surface area contributed by atoms with E-state index in [1.807, 2.05) is 24.5 Å². The molecule has 0 aliphatic heterocycles. The Morgan fingerprint density at radius 1 is 0.941 bits per heavy atom. The molecule has 2 aromatic rings. The number of aromatic hydroxyl groups is 2. The molecule has 0 radical (unpaired) electrons. The minimum absolute atomic E-state index is 0.262. The van der Waals surface area contributed by atoms with E-state index in [-0.39, 0.29) is 5.75 Å². The molecule has 90 valence electrons. The third kappa shape index (κ3) is 5.56. The highest BCUT2D eigenvalue weighted by atomic mass is 32.2. The van der Waals surface area contributed by atoms with Crippen molar-refractivity contribution in [1.29, 1.82) is 0 Å². The summed E-state index contributed by atoms with van der Waals surface area (Å²) in [6.45, 7) is 0. The van der Waals surface area contributed by atoms with Gasteiger partial charge in [-0.3, -0.25) is 0 Å². The van der Waals surface area contributed by atoms with E-state index in [0.717, 1.165) is 9.79 Å². The minimum Gasteiger partial charge on any atom is -0.508 e. The second-order valence-corrected chi connectivity index (χ2v) is 4.62. The molecule has 0 amide bonds. The smallest absolute Gasteiger partial charge is 0.116 e. The molecule has 0 spiro atoms. The molecule has 2 N–H and O–H groups in total. The Labute approximate surface area is 111 Å². The van der Waals surface area contributed by atoms with E-state index in [1.54, 1.807) is 42.1 Å². The van der Waals surface area contributed by atoms with Gasteiger partial charge in [0.1, 0.15) is 11.5 Å². The maximum Gasteiger partial charge on any atom is 0.116 e. The molecule has 0 bridgehead atoms. The summed E-state index contributed by atoms with van der Waals surface area (Å²) in [5.41, 5.74) is 0. The monoisotopic (exact) mass is 266 g/mol. The van der Waals surface area contributed by atoms with E-state index in [0.29, 0.717) is 5.75 Å². The summed E-state index contributed by atoms with van der Waals surface area (Å²) in [7, 11) is 0. The Kier molecular flexibility index (Phi) is 5.80. The maximum absolute atomic E-state index is 8.93. The summed E-state index contributed by atoms with van der Waals surface area (Å²) in [6, 6.07) is 14.0. The Hall–Kier alpha value is -1.26. The molecule has 0 aliphatic carbocycles. The summed E-state index contributed by atoms with van der Waals surface area (Å²) in [6.07, 6.45) is 1.98. The second kappa shape index (κ2) is 7.14. The van der Waals surface area contributed by atoms with Gasteiger partial charge in [0.2, 0.25) is 0 Å². The van der Waals surface area contributed by atoms with Crippen molar-refractivity contribution in [3.05, 3.63) is 48.5 Å². The molecule has 2 nitrogen and oxygen atoms in total. The Morgan fingerprint density at radius 3 is 1.88 bits per heavy atom. The zero-order valence-corrected chi connectivity index (χ0v) is 11.1. The van der Waals surface area contributed by atoms with Gasteiger partial charge in [-0.05, 0) is 42.7 Å². The van der Waals surface area contributed by atoms with Crippen molar-refractivity contribution < 1.29 is 10.2 Å². The first-order valence-corrected chi connectivity index (χ1v) is 6.60. The van der Waals surface area contributed by atoms with E-state index in [9.17, 15) is 0 Å². The summed E-state index contributed by atoms with van der Waals surface area (Å²) < 4.78 is 0. The van der Waals surface area contributed by atoms with Crippen LogP contribution in [0.1, 0.15) is 0 Å². The molecule has 0 heterocycles. The maximum atomic E-state index is 8.93. The third-order valence-corrected chi connectivity index (χ3v) is 2.89. The summed E-state index contributed by atoms with van der Waals surface area (Å²) in [5, 5.41) is 17.7. The highest BCUT2D eigenvalue weighted by Crippen LogP contribution is 2.18. The average molecular weight is 266 g/mol. The van der Waals surface area contributed by atoms with Crippen LogP contribution in [0, 0.1) is 0 Å². The predicted molar refractivity (Wildman–Crippen MR) is 75.2 cm³/mol. The van der Waals surface area contributed by atoms with E-state index >= 15 is 0 Å². The molecule has 0 aliphatic rings. The van der Waals surface area contributed by atoms with Crippen LogP contribution in [0.4, 0.5) is 0 Å². The van der Waals surface area contributed by atoms with Gasteiger partial charge in [0.25, 0.3) is 0 Å². The van der Waals surface area contributed by atoms with Crippen molar-refractivity contribution >= 4 is 24.4 Å². The van der Waals surface area contributed by atoms with Crippen molar-refractivity contribution in [2.45, 2.75) is 9.79 Å². The Morgan fingerprint density at radius 2 is 1.53 bits per heavy atom. The molecule has 0 aromatic heterocycles. The van der Waals surface area contributed by atoms with E-state index in [4.69, 9.17) is 10.2 Å². The molecule has 2 rings (SSSR count). The van der Waals surface area contributed by atoms with Crippen LogP contribution in [0.3, 0.4) is 0 Å². The molecular weight excluding hydrogens is 252 g/mol. The van der Waals surface area contributed by atoms with Crippen molar-refractivity contribution in [2.75, 3.05) is 6.26 Å². The molecule has 0 fully saturated rings. The van der Waals surface area contributed by atoms with E-state index < -0.39 is 0 Å². The number of benzene rings is 2. The lowest BCUT2D eigenvalue weighted by Gasteiger charge is -1.93. The molecule has 0 atom stereocenters. The molecule has 0 saturated heterocycles. The van der Waals surface area contributed by atoms with Gasteiger partial charge >= 0.3 is 0 Å². The van der Waals surface area contributed by atoms with Gasteiger partial charge in [0.05, 0.1) is 0 Å². The topological polar surface area (TPSA) is 40.5 Å². The molecular formula is C13H14O2S2. The minimum atomic E-state index is 0.262. The molecule has 2 aromatic carbocycles. The average Bonchev–Trinajstić information content (AvgIpc) is 2.29. The van der Waals surface area contributed by atoms with Gasteiger partial charge < -0.3 is 10.2 Å². The van der Waals surface area contributed by atoms with Gasteiger partial charge in [-0.25, -0.2) is 0 Å². The quantitative estimate of drug-likeness (QED) is 0.543. The van der Waals surface area contributed by atoms with Crippen LogP contribution < -0.4 is 0 Å². The van der Waals surface area contributed by atoms with Crippen LogP contribution in [-0.4, -0.2) is 16.5 Å². The van der Waals surface area contributed by atoms with E-state index in [1.165, 1.54) is 0 Å². The highest BCUT2D eigenvalue weighted by Gasteiger charge is 1.88. The molecule has 4 heteroatoms. The first-order chi connectivity index (χ1) is 8.11. The lowest BCUT2D eigenvalue weighted by molar-refractivity contribution is 0.473. The number of phenolic OH excluding ortho intramolecular Hbond substituents is 2. The number of rotatable bonds is 1. The van der Waals surface area contributed by atoms with Crippen molar-refractivity contribution in [1.82, 2.24) is 0 Å². The normalized spacial score (nSPS) is 9.29. The summed E-state index contributed by atoms with van der Waals surface area (Å²) in [4.78, 5) is 1.88. The lowest BCUT2D eigenvalue weighted by atomic mass is 10.3. The number of phenols is 2. The number of hydrogen-bond acceptors (Lipinski definition) is 4. The van der Waals surface area contributed by atoms with Crippen molar-refractivity contribution in [3.8, 4) is 11.5 Å². The van der Waals surface area contributed by atoms with Crippen molar-refractivity contribution in [3.63, 3.8) is 0 Å². The van der Waals surface area contributed by atoms with Crippen LogP contribution in [0.25, 0.3) is 0 Å². The Bertz CT molecular complexity index is 455. The van der Waals surface area contributed by atoms with Gasteiger partial charge in [-0.1, -0.05) is 12.1 Å². The first-order valence-electron chi connectivity index (χ1n) is 4.93. The summed E-state index contributed by atoms with van der Waals surface area (Å²) in [5.74, 6) is 0.597. The fourth-order valence-corrected chi connectivity index (χ4v) is 1.78. The molecule has 17 heavy (non-hydrogen) atoms. The predicted octanol–water partition coefficient (Wildman–Crippen LogP) is 3.80. The summed E-state index contributed by atoms with van der Waals surface area (Å²) >= 11 is 5.62. The first kappa shape index (κ1) is 13.8. The zero-order valence-electron chi connectivity index (χ0n) is 9.37. The number of thioether (sulfide) groups is 1. The van der Waals surface area contributed by atoms with Gasteiger partial charge in [-0.2, -0.15) is 0 Å². The highest BCUT2D eigenvalue weighted by molar-refractivity contribution is 7.98. The van der Waals surface area contributed by atoms with Crippen LogP contribution in [-0.2, 0) is 0 Å². The van der Waals surface area contributed by atoms with E-state index in [2.05, 4.69) is 12.6 Å².